The van der Waals surface area contributed by atoms with E-state index in [2.05, 4.69) is 20.0 Å². The summed E-state index contributed by atoms with van der Waals surface area (Å²) in [7, 11) is 0. The first-order valence-electron chi connectivity index (χ1n) is 8.45. The summed E-state index contributed by atoms with van der Waals surface area (Å²) in [5.41, 5.74) is 10.2. The normalized spacial score (nSPS) is 11.7. The first-order valence-corrected chi connectivity index (χ1v) is 8.45. The Morgan fingerprint density at radius 1 is 1.15 bits per heavy atom. The second kappa shape index (κ2) is 8.69. The van der Waals surface area contributed by atoms with Gasteiger partial charge in [-0.2, -0.15) is 0 Å². The number of hydrogen-bond donors (Lipinski definition) is 1. The number of aromatic nitrogens is 2. The molecular formula is C19H19N5O2. The molecule has 0 aliphatic carbocycles. The quantitative estimate of drug-likeness (QED) is 0.285. The van der Waals surface area contributed by atoms with E-state index in [0.717, 1.165) is 5.75 Å². The zero-order chi connectivity index (χ0) is 18.2. The van der Waals surface area contributed by atoms with Gasteiger partial charge in [-0.05, 0) is 42.6 Å². The molecule has 1 aromatic heterocycles. The molecule has 26 heavy (non-hydrogen) atoms. The fourth-order valence-corrected chi connectivity index (χ4v) is 2.81. The molecule has 0 spiro atoms. The highest BCUT2D eigenvalue weighted by Gasteiger charge is 2.17. The van der Waals surface area contributed by atoms with Crippen molar-refractivity contribution in [1.29, 1.82) is 0 Å². The largest absolute Gasteiger partial charge is 0.494 e. The highest BCUT2D eigenvalue weighted by molar-refractivity contribution is 5.73. The van der Waals surface area contributed by atoms with Gasteiger partial charge >= 0.3 is 0 Å². The SMILES string of the molecule is [N-]=[N+]=NC[C@@H](CCCOc1ccccc1)c1nc2ccccc2[nH]c1=O. The van der Waals surface area contributed by atoms with E-state index in [1.54, 1.807) is 0 Å². The van der Waals surface area contributed by atoms with Gasteiger partial charge in [-0.1, -0.05) is 35.4 Å². The van der Waals surface area contributed by atoms with Crippen LogP contribution in [-0.4, -0.2) is 23.1 Å². The van der Waals surface area contributed by atoms with Crippen molar-refractivity contribution in [1.82, 2.24) is 9.97 Å². The molecule has 0 saturated carbocycles. The third kappa shape index (κ3) is 4.40. The molecule has 2 aromatic carbocycles. The van der Waals surface area contributed by atoms with Crippen LogP contribution in [0.15, 0.2) is 64.5 Å². The van der Waals surface area contributed by atoms with E-state index >= 15 is 0 Å². The van der Waals surface area contributed by atoms with Crippen LogP contribution >= 0.6 is 0 Å². The summed E-state index contributed by atoms with van der Waals surface area (Å²) in [5, 5.41) is 3.65. The first kappa shape index (κ1) is 17.5. The average Bonchev–Trinajstić information content (AvgIpc) is 2.68. The molecule has 0 fully saturated rings. The van der Waals surface area contributed by atoms with Gasteiger partial charge in [0.25, 0.3) is 5.56 Å². The Morgan fingerprint density at radius 2 is 1.92 bits per heavy atom. The molecule has 0 unspecified atom stereocenters. The number of ether oxygens (including phenoxy) is 1. The lowest BCUT2D eigenvalue weighted by atomic mass is 9.99. The molecule has 3 rings (SSSR count). The highest BCUT2D eigenvalue weighted by atomic mass is 16.5. The lowest BCUT2D eigenvalue weighted by Gasteiger charge is -2.14. The van der Waals surface area contributed by atoms with E-state index in [-0.39, 0.29) is 18.0 Å². The molecule has 0 bridgehead atoms. The number of hydrogen-bond acceptors (Lipinski definition) is 4. The maximum absolute atomic E-state index is 12.4. The second-order valence-electron chi connectivity index (χ2n) is 5.88. The minimum atomic E-state index is -0.251. The lowest BCUT2D eigenvalue weighted by Crippen LogP contribution is -2.21. The molecule has 1 heterocycles. The average molecular weight is 349 g/mol. The van der Waals surface area contributed by atoms with Crippen LogP contribution in [0.4, 0.5) is 0 Å². The van der Waals surface area contributed by atoms with Gasteiger partial charge in [0.05, 0.1) is 17.6 Å². The van der Waals surface area contributed by atoms with Gasteiger partial charge in [-0.25, -0.2) is 4.98 Å². The Hall–Kier alpha value is -3.31. The number of benzene rings is 2. The minimum Gasteiger partial charge on any atom is -0.494 e. The monoisotopic (exact) mass is 349 g/mol. The van der Waals surface area contributed by atoms with Crippen molar-refractivity contribution in [3.63, 3.8) is 0 Å². The van der Waals surface area contributed by atoms with Crippen LogP contribution in [0.25, 0.3) is 21.5 Å². The van der Waals surface area contributed by atoms with Crippen molar-refractivity contribution in [3.8, 4) is 5.75 Å². The number of nitrogens with one attached hydrogen (secondary N) is 1. The van der Waals surface area contributed by atoms with Gasteiger partial charge in [0.15, 0.2) is 0 Å². The Morgan fingerprint density at radius 3 is 2.73 bits per heavy atom. The Bertz CT molecular complexity index is 964. The number of nitrogens with zero attached hydrogens (tertiary/aromatic N) is 4. The summed E-state index contributed by atoms with van der Waals surface area (Å²) < 4.78 is 5.69. The molecule has 3 aromatic rings. The molecule has 0 saturated heterocycles. The standard InChI is InChI=1S/C19H19N5O2/c20-24-21-13-14(7-6-12-26-15-8-2-1-3-9-15)18-19(25)23-17-11-5-4-10-16(17)22-18/h1-5,8-11,14H,6-7,12-13H2,(H,23,25)/t14-/m1/s1. The molecule has 7 heteroatoms. The summed E-state index contributed by atoms with van der Waals surface area (Å²) in [6.45, 7) is 0.707. The number of para-hydroxylation sites is 3. The molecule has 1 atom stereocenters. The summed E-state index contributed by atoms with van der Waals surface area (Å²) in [5.74, 6) is 0.555. The number of H-pyrrole nitrogens is 1. The maximum Gasteiger partial charge on any atom is 0.270 e. The fraction of sp³-hybridized carbons (Fsp3) is 0.263. The summed E-state index contributed by atoms with van der Waals surface area (Å²) in [6.07, 6.45) is 1.36. The van der Waals surface area contributed by atoms with Crippen molar-refractivity contribution in [3.05, 3.63) is 81.1 Å². The predicted octanol–water partition coefficient (Wildman–Crippen LogP) is 4.18. The molecule has 1 N–H and O–H groups in total. The smallest absolute Gasteiger partial charge is 0.270 e. The van der Waals surface area contributed by atoms with Crippen molar-refractivity contribution in [2.45, 2.75) is 18.8 Å². The van der Waals surface area contributed by atoms with Crippen LogP contribution in [0.5, 0.6) is 5.75 Å². The van der Waals surface area contributed by atoms with Gasteiger partial charge in [-0.15, -0.1) is 0 Å². The van der Waals surface area contributed by atoms with Gasteiger partial charge in [0, 0.05) is 17.4 Å². The number of aromatic amines is 1. The van der Waals surface area contributed by atoms with Gasteiger partial charge in [0.2, 0.25) is 0 Å². The Labute approximate surface area is 150 Å². The van der Waals surface area contributed by atoms with Crippen LogP contribution < -0.4 is 10.3 Å². The topological polar surface area (TPSA) is 104 Å². The van der Waals surface area contributed by atoms with E-state index < -0.39 is 0 Å². The number of azide groups is 1. The third-order valence-electron chi connectivity index (χ3n) is 4.09. The predicted molar refractivity (Wildman–Crippen MR) is 100 cm³/mol. The van der Waals surface area contributed by atoms with Crippen molar-refractivity contribution < 1.29 is 4.74 Å². The summed E-state index contributed by atoms with van der Waals surface area (Å²) in [6, 6.07) is 16.9. The highest BCUT2D eigenvalue weighted by Crippen LogP contribution is 2.20. The van der Waals surface area contributed by atoms with E-state index in [0.29, 0.717) is 36.2 Å². The number of rotatable bonds is 8. The van der Waals surface area contributed by atoms with E-state index in [4.69, 9.17) is 10.3 Å². The zero-order valence-corrected chi connectivity index (χ0v) is 14.2. The van der Waals surface area contributed by atoms with Crippen molar-refractivity contribution in [2.75, 3.05) is 13.2 Å². The molecule has 7 nitrogen and oxygen atoms in total. The summed E-state index contributed by atoms with van der Waals surface area (Å²) >= 11 is 0. The maximum atomic E-state index is 12.4. The fourth-order valence-electron chi connectivity index (χ4n) is 2.81. The third-order valence-corrected chi connectivity index (χ3v) is 4.09. The van der Waals surface area contributed by atoms with Crippen LogP contribution in [0.2, 0.25) is 0 Å². The second-order valence-corrected chi connectivity index (χ2v) is 5.88. The Balaban J connectivity index is 1.72. The lowest BCUT2D eigenvalue weighted by molar-refractivity contribution is 0.301. The first-order chi connectivity index (χ1) is 12.8. The minimum absolute atomic E-state index is 0.191. The van der Waals surface area contributed by atoms with Gasteiger partial charge in [-0.3, -0.25) is 4.79 Å². The summed E-state index contributed by atoms with van der Waals surface area (Å²) in [4.78, 5) is 22.6. The van der Waals surface area contributed by atoms with E-state index in [1.807, 2.05) is 54.6 Å². The van der Waals surface area contributed by atoms with E-state index in [1.165, 1.54) is 0 Å². The molecule has 0 aliphatic rings. The van der Waals surface area contributed by atoms with Crippen LogP contribution in [0.1, 0.15) is 24.5 Å². The van der Waals surface area contributed by atoms with E-state index in [9.17, 15) is 4.79 Å². The van der Waals surface area contributed by atoms with Gasteiger partial charge in [0.1, 0.15) is 11.4 Å². The zero-order valence-electron chi connectivity index (χ0n) is 14.2. The molecule has 0 radical (unpaired) electrons. The number of fused-ring (bicyclic) bond motifs is 1. The van der Waals surface area contributed by atoms with Crippen LogP contribution in [0.3, 0.4) is 0 Å². The van der Waals surface area contributed by atoms with Crippen molar-refractivity contribution >= 4 is 11.0 Å². The molecule has 0 aliphatic heterocycles. The molecule has 0 amide bonds. The van der Waals surface area contributed by atoms with Crippen LogP contribution in [-0.2, 0) is 0 Å². The molecule has 132 valence electrons. The van der Waals surface area contributed by atoms with Gasteiger partial charge < -0.3 is 9.72 Å². The molecular weight excluding hydrogens is 330 g/mol. The van der Waals surface area contributed by atoms with Crippen LogP contribution in [0, 0.1) is 0 Å². The van der Waals surface area contributed by atoms with Crippen molar-refractivity contribution in [2.24, 2.45) is 5.11 Å². The Kier molecular flexibility index (Phi) is 5.85.